The number of carbonyl (C=O) groups is 1. The smallest absolute Gasteiger partial charge is 0.328 e. The molecule has 3 rings (SSSR count). The van der Waals surface area contributed by atoms with Crippen molar-refractivity contribution < 1.29 is 14.6 Å². The molecule has 0 unspecified atom stereocenters. The SMILES string of the molecule is COc1ccccc1-c1nc2ccccn2c1/C=C/C(=O)O. The molecule has 1 aromatic carbocycles. The zero-order chi connectivity index (χ0) is 15.5. The van der Waals surface area contributed by atoms with E-state index in [0.29, 0.717) is 17.1 Å². The third-order valence-corrected chi connectivity index (χ3v) is 3.31. The second kappa shape index (κ2) is 5.73. The topological polar surface area (TPSA) is 63.8 Å². The summed E-state index contributed by atoms with van der Waals surface area (Å²) in [7, 11) is 1.60. The third-order valence-electron chi connectivity index (χ3n) is 3.31. The zero-order valence-electron chi connectivity index (χ0n) is 11.9. The third kappa shape index (κ3) is 2.44. The predicted molar refractivity (Wildman–Crippen MR) is 83.8 cm³/mol. The summed E-state index contributed by atoms with van der Waals surface area (Å²) in [6.45, 7) is 0. The van der Waals surface area contributed by atoms with Crippen LogP contribution in [0.2, 0.25) is 0 Å². The predicted octanol–water partition coefficient (Wildman–Crippen LogP) is 3.11. The van der Waals surface area contributed by atoms with Crippen molar-refractivity contribution in [2.45, 2.75) is 0 Å². The van der Waals surface area contributed by atoms with Crippen LogP contribution >= 0.6 is 0 Å². The van der Waals surface area contributed by atoms with Gasteiger partial charge in [-0.1, -0.05) is 18.2 Å². The number of benzene rings is 1. The van der Waals surface area contributed by atoms with E-state index in [1.165, 1.54) is 0 Å². The van der Waals surface area contributed by atoms with E-state index in [9.17, 15) is 4.79 Å². The molecule has 0 saturated carbocycles. The molecule has 5 nitrogen and oxygen atoms in total. The van der Waals surface area contributed by atoms with Crippen LogP contribution in [0.1, 0.15) is 5.69 Å². The van der Waals surface area contributed by atoms with Crippen molar-refractivity contribution >= 4 is 17.7 Å². The van der Waals surface area contributed by atoms with Gasteiger partial charge in [0, 0.05) is 17.8 Å². The van der Waals surface area contributed by atoms with Crippen molar-refractivity contribution in [1.29, 1.82) is 0 Å². The highest BCUT2D eigenvalue weighted by Gasteiger charge is 2.15. The lowest BCUT2D eigenvalue weighted by Gasteiger charge is -2.06. The number of hydrogen-bond donors (Lipinski definition) is 1. The number of methoxy groups -OCH3 is 1. The Morgan fingerprint density at radius 2 is 2.00 bits per heavy atom. The minimum Gasteiger partial charge on any atom is -0.496 e. The fourth-order valence-corrected chi connectivity index (χ4v) is 2.36. The molecule has 5 heteroatoms. The van der Waals surface area contributed by atoms with E-state index in [0.717, 1.165) is 17.3 Å². The van der Waals surface area contributed by atoms with Gasteiger partial charge in [0.15, 0.2) is 0 Å². The van der Waals surface area contributed by atoms with Gasteiger partial charge in [-0.2, -0.15) is 0 Å². The van der Waals surface area contributed by atoms with Crippen LogP contribution in [0.25, 0.3) is 23.0 Å². The summed E-state index contributed by atoms with van der Waals surface area (Å²) in [5.41, 5.74) is 2.94. The summed E-state index contributed by atoms with van der Waals surface area (Å²) in [6, 6.07) is 13.2. The number of aliphatic carboxylic acids is 1. The van der Waals surface area contributed by atoms with E-state index in [1.54, 1.807) is 13.2 Å². The maximum Gasteiger partial charge on any atom is 0.328 e. The number of fused-ring (bicyclic) bond motifs is 1. The number of aromatic nitrogens is 2. The van der Waals surface area contributed by atoms with Crippen LogP contribution in [-0.4, -0.2) is 27.6 Å². The maximum absolute atomic E-state index is 10.9. The Hall–Kier alpha value is -3.08. The Morgan fingerprint density at radius 1 is 1.23 bits per heavy atom. The van der Waals surface area contributed by atoms with Crippen molar-refractivity contribution in [3.63, 3.8) is 0 Å². The van der Waals surface area contributed by atoms with Crippen LogP contribution < -0.4 is 4.74 Å². The van der Waals surface area contributed by atoms with E-state index in [-0.39, 0.29) is 0 Å². The summed E-state index contributed by atoms with van der Waals surface area (Å²) in [6.07, 6.45) is 4.50. The van der Waals surface area contributed by atoms with Crippen molar-refractivity contribution in [2.75, 3.05) is 7.11 Å². The second-order valence-electron chi connectivity index (χ2n) is 4.65. The van der Waals surface area contributed by atoms with Crippen molar-refractivity contribution in [1.82, 2.24) is 9.38 Å². The summed E-state index contributed by atoms with van der Waals surface area (Å²) in [5.74, 6) is -0.312. The average Bonchev–Trinajstić information content (AvgIpc) is 2.91. The van der Waals surface area contributed by atoms with E-state index in [4.69, 9.17) is 9.84 Å². The highest BCUT2D eigenvalue weighted by atomic mass is 16.5. The summed E-state index contributed by atoms with van der Waals surface area (Å²) < 4.78 is 7.24. The molecule has 0 saturated heterocycles. The quantitative estimate of drug-likeness (QED) is 0.751. The molecule has 2 aromatic heterocycles. The van der Waals surface area contributed by atoms with Crippen molar-refractivity contribution in [3.8, 4) is 17.0 Å². The minimum atomic E-state index is -1.00. The molecular formula is C17H14N2O3. The summed E-state index contributed by atoms with van der Waals surface area (Å²) in [4.78, 5) is 15.5. The fraction of sp³-hybridized carbons (Fsp3) is 0.0588. The molecule has 2 heterocycles. The van der Waals surface area contributed by atoms with E-state index >= 15 is 0 Å². The first kappa shape index (κ1) is 13.9. The maximum atomic E-state index is 10.9. The lowest BCUT2D eigenvalue weighted by Crippen LogP contribution is -1.92. The molecule has 0 fully saturated rings. The van der Waals surface area contributed by atoms with Crippen LogP contribution in [0.5, 0.6) is 5.75 Å². The van der Waals surface area contributed by atoms with Crippen LogP contribution in [0.15, 0.2) is 54.7 Å². The number of pyridine rings is 1. The molecule has 0 aliphatic heterocycles. The highest BCUT2D eigenvalue weighted by Crippen LogP contribution is 2.32. The number of hydrogen-bond acceptors (Lipinski definition) is 3. The van der Waals surface area contributed by atoms with E-state index < -0.39 is 5.97 Å². The average molecular weight is 294 g/mol. The first-order chi connectivity index (χ1) is 10.7. The first-order valence-electron chi connectivity index (χ1n) is 6.72. The van der Waals surface area contributed by atoms with Crippen LogP contribution in [-0.2, 0) is 4.79 Å². The lowest BCUT2D eigenvalue weighted by molar-refractivity contribution is -0.131. The van der Waals surface area contributed by atoms with Gasteiger partial charge >= 0.3 is 5.97 Å². The molecule has 1 N–H and O–H groups in total. The minimum absolute atomic E-state index is 0.682. The number of carboxylic acids is 1. The standard InChI is InChI=1S/C17H14N2O3/c1-22-14-7-3-2-6-12(14)17-13(9-10-16(20)21)19-11-5-4-8-15(19)18-17/h2-11H,1H3,(H,20,21)/b10-9+. The second-order valence-corrected chi connectivity index (χ2v) is 4.65. The molecule has 0 bridgehead atoms. The summed E-state index contributed by atoms with van der Waals surface area (Å²) >= 11 is 0. The van der Waals surface area contributed by atoms with Gasteiger partial charge in [0.2, 0.25) is 0 Å². The lowest BCUT2D eigenvalue weighted by atomic mass is 10.1. The number of imidazole rings is 1. The van der Waals surface area contributed by atoms with Gasteiger partial charge in [0.25, 0.3) is 0 Å². The molecule has 110 valence electrons. The molecule has 0 atom stereocenters. The molecule has 0 aliphatic rings. The van der Waals surface area contributed by atoms with Crippen LogP contribution in [0.3, 0.4) is 0 Å². The first-order valence-corrected chi connectivity index (χ1v) is 6.72. The Bertz CT molecular complexity index is 865. The normalized spacial score (nSPS) is 11.1. The van der Waals surface area contributed by atoms with Gasteiger partial charge in [-0.15, -0.1) is 0 Å². The van der Waals surface area contributed by atoms with Gasteiger partial charge in [-0.25, -0.2) is 9.78 Å². The van der Waals surface area contributed by atoms with Gasteiger partial charge in [0.05, 0.1) is 12.8 Å². The van der Waals surface area contributed by atoms with Crippen molar-refractivity contribution in [3.05, 3.63) is 60.4 Å². The monoisotopic (exact) mass is 294 g/mol. The van der Waals surface area contributed by atoms with E-state index in [2.05, 4.69) is 4.98 Å². The molecule has 22 heavy (non-hydrogen) atoms. The Balaban J connectivity index is 2.28. The van der Waals surface area contributed by atoms with E-state index in [1.807, 2.05) is 53.1 Å². The van der Waals surface area contributed by atoms with Gasteiger partial charge in [0.1, 0.15) is 17.1 Å². The summed E-state index contributed by atoms with van der Waals surface area (Å²) in [5, 5.41) is 8.91. The van der Waals surface area contributed by atoms with Crippen LogP contribution in [0, 0.1) is 0 Å². The largest absolute Gasteiger partial charge is 0.496 e. The number of para-hydroxylation sites is 1. The Labute approximate surface area is 127 Å². The van der Waals surface area contributed by atoms with Gasteiger partial charge in [-0.05, 0) is 30.3 Å². The molecule has 0 spiro atoms. The van der Waals surface area contributed by atoms with Crippen molar-refractivity contribution in [2.24, 2.45) is 0 Å². The number of nitrogens with zero attached hydrogens (tertiary/aromatic N) is 2. The molecule has 0 radical (unpaired) electrons. The molecular weight excluding hydrogens is 280 g/mol. The molecule has 3 aromatic rings. The Kier molecular flexibility index (Phi) is 3.62. The number of rotatable bonds is 4. The fourth-order valence-electron chi connectivity index (χ4n) is 2.36. The van der Waals surface area contributed by atoms with Crippen LogP contribution in [0.4, 0.5) is 0 Å². The number of ether oxygens (including phenoxy) is 1. The molecule has 0 amide bonds. The Morgan fingerprint density at radius 3 is 2.77 bits per heavy atom. The highest BCUT2D eigenvalue weighted by molar-refractivity contribution is 5.88. The van der Waals surface area contributed by atoms with Gasteiger partial charge < -0.3 is 9.84 Å². The molecule has 0 aliphatic carbocycles. The number of carboxylic acid groups (broad SMARTS) is 1. The zero-order valence-corrected chi connectivity index (χ0v) is 11.9. The van der Waals surface area contributed by atoms with Gasteiger partial charge in [-0.3, -0.25) is 4.40 Å².